The van der Waals surface area contributed by atoms with Crippen molar-refractivity contribution in [2.24, 2.45) is 35.5 Å². The second-order valence-corrected chi connectivity index (χ2v) is 15.3. The van der Waals surface area contributed by atoms with Gasteiger partial charge in [0, 0.05) is 57.1 Å². The fraction of sp³-hybridized carbons (Fsp3) is 0.476. The Morgan fingerprint density at radius 1 is 0.447 bits per heavy atom. The highest BCUT2D eigenvalue weighted by Crippen LogP contribution is 2.65. The van der Waals surface area contributed by atoms with E-state index in [9.17, 15) is 9.59 Å². The van der Waals surface area contributed by atoms with E-state index in [4.69, 9.17) is 4.74 Å². The van der Waals surface area contributed by atoms with Crippen LogP contribution in [0.5, 0.6) is 0 Å². The van der Waals surface area contributed by atoms with Crippen LogP contribution in [0.3, 0.4) is 0 Å². The lowest BCUT2D eigenvalue weighted by Crippen LogP contribution is -2.48. The smallest absolute Gasteiger partial charge is 0.190 e. The van der Waals surface area contributed by atoms with Gasteiger partial charge in [0.2, 0.25) is 0 Å². The maximum Gasteiger partial charge on any atom is 0.190 e. The van der Waals surface area contributed by atoms with Gasteiger partial charge in [-0.25, -0.2) is 0 Å². The summed E-state index contributed by atoms with van der Waals surface area (Å²) in [6.07, 6.45) is 10.7. The Labute approximate surface area is 275 Å². The highest BCUT2D eigenvalue weighted by Gasteiger charge is 2.64. The number of rotatable bonds is 0. The van der Waals surface area contributed by atoms with Crippen molar-refractivity contribution < 1.29 is 23.9 Å². The first-order chi connectivity index (χ1) is 23.1. The number of fused-ring (bicyclic) bond motifs is 13. The minimum absolute atomic E-state index is 0.00478. The minimum Gasteiger partial charge on any atom is -0.364 e. The average molecular weight is 625 g/mol. The van der Waals surface area contributed by atoms with Gasteiger partial charge in [0.1, 0.15) is 0 Å². The third kappa shape index (κ3) is 3.70. The summed E-state index contributed by atoms with van der Waals surface area (Å²) in [5, 5.41) is 0. The molecule has 2 unspecified atom stereocenters. The summed E-state index contributed by atoms with van der Waals surface area (Å²) in [5.41, 5.74) is 8.64. The SMILES string of the molecule is O=C1C2=C(C(=O)c3ccccc31)[C@@H]1CCCCCC[C@@H]3C4=C(C(=O)C5C(C4=O)[C@H]4O[C@@H]5c5ccccc54)[C@@H]4CCCCCC[C@H]2C4=C31. The number of Topliss-reactive ketones (excluding diaryl/α,β-unsaturated/α-hetero) is 4. The summed E-state index contributed by atoms with van der Waals surface area (Å²) in [5.74, 6) is -1.43. The van der Waals surface area contributed by atoms with E-state index in [1.807, 2.05) is 36.4 Å². The summed E-state index contributed by atoms with van der Waals surface area (Å²) in [7, 11) is 0. The van der Waals surface area contributed by atoms with Crippen LogP contribution < -0.4 is 0 Å². The molecule has 2 aromatic rings. The predicted octanol–water partition coefficient (Wildman–Crippen LogP) is 8.37. The Balaban J connectivity index is 1.20. The molecule has 2 bridgehead atoms. The Hall–Kier alpha value is -3.70. The maximum atomic E-state index is 15.1. The molecule has 47 heavy (non-hydrogen) atoms. The van der Waals surface area contributed by atoms with E-state index < -0.39 is 11.8 Å². The molecule has 0 aromatic heterocycles. The first-order valence-electron chi connectivity index (χ1n) is 18.3. The van der Waals surface area contributed by atoms with Crippen LogP contribution in [-0.4, -0.2) is 23.1 Å². The molecule has 5 nitrogen and oxygen atoms in total. The van der Waals surface area contributed by atoms with Crippen LogP contribution in [0.4, 0.5) is 0 Å². The maximum absolute atomic E-state index is 15.1. The zero-order valence-corrected chi connectivity index (χ0v) is 26.8. The van der Waals surface area contributed by atoms with Gasteiger partial charge in [0.05, 0.1) is 24.0 Å². The summed E-state index contributed by atoms with van der Waals surface area (Å²) < 4.78 is 6.55. The second-order valence-electron chi connectivity index (χ2n) is 15.3. The van der Waals surface area contributed by atoms with Crippen molar-refractivity contribution in [2.45, 2.75) is 89.3 Å². The fourth-order valence-electron chi connectivity index (χ4n) is 11.5. The van der Waals surface area contributed by atoms with Crippen LogP contribution in [0.15, 0.2) is 82.0 Å². The van der Waals surface area contributed by atoms with Gasteiger partial charge in [-0.1, -0.05) is 111 Å². The van der Waals surface area contributed by atoms with Crippen LogP contribution >= 0.6 is 0 Å². The molecule has 8 atom stereocenters. The van der Waals surface area contributed by atoms with Crippen molar-refractivity contribution in [3.8, 4) is 0 Å². The van der Waals surface area contributed by atoms with E-state index in [0.29, 0.717) is 11.1 Å². The van der Waals surface area contributed by atoms with Crippen molar-refractivity contribution >= 4 is 23.1 Å². The zero-order valence-electron chi connectivity index (χ0n) is 26.8. The molecule has 2 heterocycles. The van der Waals surface area contributed by atoms with Gasteiger partial charge in [0.25, 0.3) is 0 Å². The number of carbonyl (C=O) groups is 4. The lowest BCUT2D eigenvalue weighted by molar-refractivity contribution is -0.131. The Bertz CT molecular complexity index is 1770. The number of ether oxygens (including phenoxy) is 1. The summed E-state index contributed by atoms with van der Waals surface area (Å²) in [6, 6.07) is 15.5. The van der Waals surface area contributed by atoms with Crippen LogP contribution in [0, 0.1) is 35.5 Å². The quantitative estimate of drug-likeness (QED) is 0.275. The lowest BCUT2D eigenvalue weighted by atomic mass is 9.51. The molecule has 1 saturated heterocycles. The van der Waals surface area contributed by atoms with Crippen molar-refractivity contribution in [1.82, 2.24) is 0 Å². The van der Waals surface area contributed by atoms with Crippen LogP contribution in [0.25, 0.3) is 0 Å². The molecule has 0 spiro atoms. The molecule has 238 valence electrons. The standard InChI is InChI=1S/C42H40O5/c43-37-21-13-9-10-14-22(21)38(44)32-26-18-6-2-4-8-20-28-30(26)29-25(31(32)37)17-5-1-3-7-19-27(29)33-34(28)40(46)36-35(39(33)45)41-23-15-11-12-16-24(23)42(36)47-41/h9-16,25-28,35-36,41-42H,1-8,17-20H2/t25-,26+,27+,28-,35?,36?,41+,42-. The molecule has 0 radical (unpaired) electrons. The van der Waals surface area contributed by atoms with Crippen molar-refractivity contribution in [2.75, 3.05) is 0 Å². The molecule has 10 rings (SSSR count). The van der Waals surface area contributed by atoms with Gasteiger partial charge < -0.3 is 4.74 Å². The molecule has 8 aliphatic rings. The van der Waals surface area contributed by atoms with Crippen LogP contribution in [0.1, 0.15) is 121 Å². The minimum atomic E-state index is -0.482. The van der Waals surface area contributed by atoms with Crippen LogP contribution in [0.2, 0.25) is 0 Å². The number of hydrogen-bond donors (Lipinski definition) is 0. The first kappa shape index (κ1) is 28.3. The van der Waals surface area contributed by atoms with Crippen molar-refractivity contribution in [3.63, 3.8) is 0 Å². The monoisotopic (exact) mass is 624 g/mol. The predicted molar refractivity (Wildman–Crippen MR) is 176 cm³/mol. The summed E-state index contributed by atoms with van der Waals surface area (Å²) >= 11 is 0. The number of allylic oxidation sites excluding steroid dienone is 6. The van der Waals surface area contributed by atoms with Gasteiger partial charge >= 0.3 is 0 Å². The number of carbonyl (C=O) groups excluding carboxylic acids is 4. The Morgan fingerprint density at radius 2 is 0.809 bits per heavy atom. The number of benzene rings is 2. The molecule has 0 N–H and O–H groups in total. The molecule has 2 aliphatic heterocycles. The van der Waals surface area contributed by atoms with E-state index in [1.165, 1.54) is 11.1 Å². The van der Waals surface area contributed by atoms with Gasteiger partial charge in [0.15, 0.2) is 23.1 Å². The Kier molecular flexibility index (Phi) is 6.27. The highest BCUT2D eigenvalue weighted by molar-refractivity contribution is 6.28. The van der Waals surface area contributed by atoms with E-state index in [2.05, 4.69) is 12.1 Å². The lowest BCUT2D eigenvalue weighted by Gasteiger charge is -2.50. The fourth-order valence-corrected chi connectivity index (χ4v) is 11.5. The summed E-state index contributed by atoms with van der Waals surface area (Å²) in [4.78, 5) is 59.5. The van der Waals surface area contributed by atoms with E-state index in [0.717, 1.165) is 110 Å². The molecule has 5 heteroatoms. The summed E-state index contributed by atoms with van der Waals surface area (Å²) in [6.45, 7) is 0. The normalized spacial score (nSPS) is 35.7. The van der Waals surface area contributed by atoms with Gasteiger partial charge in [-0.3, -0.25) is 19.2 Å². The molecule has 2 saturated carbocycles. The Morgan fingerprint density at radius 3 is 1.21 bits per heavy atom. The van der Waals surface area contributed by atoms with Gasteiger partial charge in [-0.05, 0) is 36.8 Å². The highest BCUT2D eigenvalue weighted by atomic mass is 16.5. The molecular formula is C42H40O5. The molecule has 2 aromatic carbocycles. The van der Waals surface area contributed by atoms with Gasteiger partial charge in [-0.15, -0.1) is 0 Å². The van der Waals surface area contributed by atoms with Crippen molar-refractivity contribution in [1.29, 1.82) is 0 Å². The number of ketones is 4. The largest absolute Gasteiger partial charge is 0.364 e. The van der Waals surface area contributed by atoms with Crippen molar-refractivity contribution in [3.05, 3.63) is 104 Å². The number of hydrogen-bond acceptors (Lipinski definition) is 5. The molecule has 6 aliphatic carbocycles. The molecule has 3 fully saturated rings. The van der Waals surface area contributed by atoms with E-state index >= 15 is 9.59 Å². The molecule has 0 amide bonds. The second kappa shape index (κ2) is 10.4. The van der Waals surface area contributed by atoms with E-state index in [1.54, 1.807) is 0 Å². The average Bonchev–Trinajstić information content (AvgIpc) is 3.71. The third-order valence-corrected chi connectivity index (χ3v) is 13.3. The van der Waals surface area contributed by atoms with Crippen LogP contribution in [-0.2, 0) is 14.3 Å². The van der Waals surface area contributed by atoms with E-state index in [-0.39, 0.29) is 59.0 Å². The topological polar surface area (TPSA) is 77.5 Å². The third-order valence-electron chi connectivity index (χ3n) is 13.3. The zero-order chi connectivity index (χ0) is 31.6. The molecular weight excluding hydrogens is 584 g/mol. The first-order valence-corrected chi connectivity index (χ1v) is 18.3. The van der Waals surface area contributed by atoms with Gasteiger partial charge in [-0.2, -0.15) is 0 Å².